The Morgan fingerprint density at radius 2 is 2.35 bits per heavy atom. The average Bonchev–Trinajstić information content (AvgIpc) is 2.69. The highest BCUT2D eigenvalue weighted by Crippen LogP contribution is 2.38. The minimum atomic E-state index is 0.0954. The van der Waals surface area contributed by atoms with Crippen LogP contribution in [0.25, 0.3) is 10.9 Å². The van der Waals surface area contributed by atoms with Crippen LogP contribution < -0.4 is 5.73 Å². The monoisotopic (exact) mass is 353 g/mol. The molecule has 2 aliphatic heterocycles. The summed E-state index contributed by atoms with van der Waals surface area (Å²) in [6, 6.07) is 6.62. The van der Waals surface area contributed by atoms with E-state index in [4.69, 9.17) is 10.6 Å². The van der Waals surface area contributed by atoms with E-state index in [0.29, 0.717) is 5.94 Å². The third-order valence-corrected chi connectivity index (χ3v) is 5.49. The van der Waals surface area contributed by atoms with Crippen LogP contribution in [0, 0.1) is 0 Å². The first-order chi connectivity index (χ1) is 9.74. The van der Waals surface area contributed by atoms with Gasteiger partial charge in [0.05, 0.1) is 6.04 Å². The summed E-state index contributed by atoms with van der Waals surface area (Å²) in [4.78, 5) is 9.41. The number of hydrogen-bond acceptors (Lipinski definition) is 4. The summed E-state index contributed by atoms with van der Waals surface area (Å²) in [5.74, 6) is 1.63. The van der Waals surface area contributed by atoms with Gasteiger partial charge in [0.25, 0.3) is 0 Å². The van der Waals surface area contributed by atoms with Gasteiger partial charge >= 0.3 is 0 Å². The van der Waals surface area contributed by atoms with Gasteiger partial charge in [-0.25, -0.2) is 0 Å². The zero-order chi connectivity index (χ0) is 13.7. The Balaban J connectivity index is 1.88. The Morgan fingerprint density at radius 1 is 1.45 bits per heavy atom. The molecule has 3 heterocycles. The number of aromatic amines is 1. The Kier molecular flexibility index (Phi) is 3.31. The molecule has 6 heteroatoms. The van der Waals surface area contributed by atoms with Crippen molar-refractivity contribution in [3.05, 3.63) is 33.9 Å². The predicted octanol–water partition coefficient (Wildman–Crippen LogP) is 2.79. The SMILES string of the molecule is N[C@@H]1CSCON2CCc3c([nH]c4ccc(Br)cc34)[C@H]12. The zero-order valence-corrected chi connectivity index (χ0v) is 13.3. The van der Waals surface area contributed by atoms with Crippen molar-refractivity contribution in [2.45, 2.75) is 18.5 Å². The summed E-state index contributed by atoms with van der Waals surface area (Å²) in [5.41, 5.74) is 10.2. The topological polar surface area (TPSA) is 54.3 Å². The largest absolute Gasteiger partial charge is 0.357 e. The molecule has 1 aromatic heterocycles. The van der Waals surface area contributed by atoms with Crippen molar-refractivity contribution in [1.82, 2.24) is 10.0 Å². The van der Waals surface area contributed by atoms with Gasteiger partial charge in [0.2, 0.25) is 0 Å². The van der Waals surface area contributed by atoms with Crippen LogP contribution in [0.3, 0.4) is 0 Å². The number of halogens is 1. The van der Waals surface area contributed by atoms with E-state index in [2.05, 4.69) is 44.2 Å². The lowest BCUT2D eigenvalue weighted by Crippen LogP contribution is -2.44. The molecule has 0 spiro atoms. The van der Waals surface area contributed by atoms with Crippen LogP contribution in [-0.2, 0) is 11.3 Å². The molecule has 0 bridgehead atoms. The number of nitrogens with two attached hydrogens (primary N) is 1. The number of H-pyrrole nitrogens is 1. The van der Waals surface area contributed by atoms with Gasteiger partial charge in [-0.2, -0.15) is 5.06 Å². The maximum absolute atomic E-state index is 6.38. The fourth-order valence-corrected chi connectivity index (χ4v) is 4.34. The molecule has 2 aliphatic rings. The van der Waals surface area contributed by atoms with Gasteiger partial charge in [-0.05, 0) is 30.2 Å². The molecule has 0 radical (unpaired) electrons. The van der Waals surface area contributed by atoms with Gasteiger partial charge in [-0.1, -0.05) is 15.9 Å². The average molecular weight is 354 g/mol. The summed E-state index contributed by atoms with van der Waals surface area (Å²) >= 11 is 5.32. The van der Waals surface area contributed by atoms with E-state index >= 15 is 0 Å². The van der Waals surface area contributed by atoms with Crippen molar-refractivity contribution in [3.63, 3.8) is 0 Å². The van der Waals surface area contributed by atoms with Crippen molar-refractivity contribution in [2.24, 2.45) is 5.73 Å². The Hall–Kier alpha value is -0.530. The lowest BCUT2D eigenvalue weighted by Gasteiger charge is -2.35. The molecular formula is C14H16BrN3OS. The van der Waals surface area contributed by atoms with Gasteiger partial charge in [0, 0.05) is 39.4 Å². The van der Waals surface area contributed by atoms with Gasteiger partial charge in [-0.3, -0.25) is 4.84 Å². The number of hydrogen-bond donors (Lipinski definition) is 2. The Bertz CT molecular complexity index is 659. The highest BCUT2D eigenvalue weighted by atomic mass is 79.9. The number of benzene rings is 1. The molecule has 2 aromatic rings. The standard InChI is InChI=1S/C14H16BrN3OS/c15-8-1-2-12-10(5-8)9-3-4-18-14(13(9)17-12)11(16)6-20-7-19-18/h1-2,5,11,14,17H,3-4,6-7,16H2/t11-,14+/m1/s1. The van der Waals surface area contributed by atoms with Crippen LogP contribution in [0.1, 0.15) is 17.3 Å². The lowest BCUT2D eigenvalue weighted by molar-refractivity contribution is -0.175. The minimum absolute atomic E-state index is 0.0954. The summed E-state index contributed by atoms with van der Waals surface area (Å²) in [6.45, 7) is 0.908. The van der Waals surface area contributed by atoms with E-state index in [0.717, 1.165) is 23.2 Å². The maximum Gasteiger partial charge on any atom is 0.114 e. The van der Waals surface area contributed by atoms with Crippen LogP contribution in [0.4, 0.5) is 0 Å². The van der Waals surface area contributed by atoms with Gasteiger partial charge < -0.3 is 10.7 Å². The van der Waals surface area contributed by atoms with Crippen LogP contribution in [0.15, 0.2) is 22.7 Å². The minimum Gasteiger partial charge on any atom is -0.357 e. The van der Waals surface area contributed by atoms with Crippen molar-refractivity contribution in [3.8, 4) is 0 Å². The van der Waals surface area contributed by atoms with Gasteiger partial charge in [0.15, 0.2) is 0 Å². The first kappa shape index (κ1) is 13.2. The second-order valence-corrected chi connectivity index (χ2v) is 7.22. The highest BCUT2D eigenvalue weighted by Gasteiger charge is 2.36. The zero-order valence-electron chi connectivity index (χ0n) is 10.9. The Morgan fingerprint density at radius 3 is 3.25 bits per heavy atom. The van der Waals surface area contributed by atoms with Gasteiger partial charge in [0.1, 0.15) is 5.94 Å². The quantitative estimate of drug-likeness (QED) is 0.764. The van der Waals surface area contributed by atoms with Crippen molar-refractivity contribution < 1.29 is 4.84 Å². The second-order valence-electron chi connectivity index (χ2n) is 5.32. The molecule has 0 unspecified atom stereocenters. The molecule has 4 nitrogen and oxygen atoms in total. The number of rotatable bonds is 0. The van der Waals surface area contributed by atoms with Crippen LogP contribution in [0.5, 0.6) is 0 Å². The van der Waals surface area contributed by atoms with Crippen LogP contribution in [0.2, 0.25) is 0 Å². The molecule has 0 amide bonds. The van der Waals surface area contributed by atoms with E-state index in [9.17, 15) is 0 Å². The molecule has 0 aliphatic carbocycles. The lowest BCUT2D eigenvalue weighted by atomic mass is 9.95. The van der Waals surface area contributed by atoms with Crippen molar-refractivity contribution in [1.29, 1.82) is 0 Å². The molecule has 20 heavy (non-hydrogen) atoms. The normalized spacial score (nSPS) is 27.1. The molecule has 1 aromatic carbocycles. The number of fused-ring (bicyclic) bond motifs is 5. The molecular weight excluding hydrogens is 338 g/mol. The third-order valence-electron chi connectivity index (χ3n) is 4.11. The van der Waals surface area contributed by atoms with Crippen LogP contribution >= 0.6 is 27.7 Å². The highest BCUT2D eigenvalue weighted by molar-refractivity contribution is 9.10. The van der Waals surface area contributed by atoms with Crippen LogP contribution in [-0.4, -0.2) is 34.3 Å². The molecule has 106 valence electrons. The molecule has 2 atom stereocenters. The Labute approximate surface area is 130 Å². The number of hydroxylamine groups is 2. The van der Waals surface area contributed by atoms with Crippen molar-refractivity contribution in [2.75, 3.05) is 18.2 Å². The molecule has 3 N–H and O–H groups in total. The molecule has 0 saturated carbocycles. The second kappa shape index (κ2) is 5.03. The van der Waals surface area contributed by atoms with E-state index in [1.165, 1.54) is 22.2 Å². The van der Waals surface area contributed by atoms with E-state index in [1.807, 2.05) is 0 Å². The number of thioether (sulfide) groups is 1. The first-order valence-corrected chi connectivity index (χ1v) is 8.71. The number of nitrogens with zero attached hydrogens (tertiary/aromatic N) is 1. The fraction of sp³-hybridized carbons (Fsp3) is 0.429. The summed E-state index contributed by atoms with van der Waals surface area (Å²) in [7, 11) is 0. The van der Waals surface area contributed by atoms with Gasteiger partial charge in [-0.15, -0.1) is 11.8 Å². The number of aromatic nitrogens is 1. The maximum atomic E-state index is 6.38. The van der Waals surface area contributed by atoms with Crippen molar-refractivity contribution >= 4 is 38.6 Å². The molecule has 4 rings (SSSR count). The van der Waals surface area contributed by atoms with E-state index in [-0.39, 0.29) is 12.1 Å². The number of nitrogens with one attached hydrogen (secondary N) is 1. The molecule has 1 saturated heterocycles. The summed E-state index contributed by atoms with van der Waals surface area (Å²) < 4.78 is 1.12. The summed E-state index contributed by atoms with van der Waals surface area (Å²) in [5, 5.41) is 3.37. The van der Waals surface area contributed by atoms with E-state index < -0.39 is 0 Å². The fourth-order valence-electron chi connectivity index (χ4n) is 3.22. The third kappa shape index (κ3) is 2.02. The molecule has 1 fully saturated rings. The van der Waals surface area contributed by atoms with E-state index in [1.54, 1.807) is 11.8 Å². The summed E-state index contributed by atoms with van der Waals surface area (Å²) in [6.07, 6.45) is 1.000. The smallest absolute Gasteiger partial charge is 0.114 e. The first-order valence-electron chi connectivity index (χ1n) is 6.77. The predicted molar refractivity (Wildman–Crippen MR) is 85.5 cm³/mol.